The van der Waals surface area contributed by atoms with Crippen LogP contribution in [0.5, 0.6) is 6.08 Å². The highest BCUT2D eigenvalue weighted by molar-refractivity contribution is 5.86. The Balaban J connectivity index is 1.95. The first-order valence-electron chi connectivity index (χ1n) is 6.25. The third-order valence-electron chi connectivity index (χ3n) is 2.97. The average molecular weight is 254 g/mol. The van der Waals surface area contributed by atoms with E-state index in [4.69, 9.17) is 19.6 Å². The second-order valence-electron chi connectivity index (χ2n) is 4.32. The Morgan fingerprint density at radius 2 is 2.33 bits per heavy atom. The highest BCUT2D eigenvalue weighted by Crippen LogP contribution is 2.22. The monoisotopic (exact) mass is 254 g/mol. The van der Waals surface area contributed by atoms with Crippen LogP contribution in [0.4, 0.5) is 0 Å². The van der Waals surface area contributed by atoms with Gasteiger partial charge in [0.1, 0.15) is 12.4 Å². The standard InChI is InChI=1S/C12H18N2O4/c1-2-16-11(15)9-7-17-12(14-9)18-10-6-4-3-5-8(10)13/h7-8,10H,2-6,13H2,1H3. The molecule has 0 radical (unpaired) electrons. The molecule has 0 saturated heterocycles. The molecule has 100 valence electrons. The van der Waals surface area contributed by atoms with Crippen LogP contribution in [-0.2, 0) is 4.74 Å². The number of hydrogen-bond donors (Lipinski definition) is 1. The fourth-order valence-corrected chi connectivity index (χ4v) is 2.01. The maximum Gasteiger partial charge on any atom is 0.394 e. The van der Waals surface area contributed by atoms with Gasteiger partial charge in [-0.05, 0) is 26.2 Å². The molecule has 1 aromatic heterocycles. The number of carbonyl (C=O) groups is 1. The van der Waals surface area contributed by atoms with E-state index < -0.39 is 5.97 Å². The lowest BCUT2D eigenvalue weighted by molar-refractivity contribution is 0.0518. The van der Waals surface area contributed by atoms with Crippen molar-refractivity contribution >= 4 is 5.97 Å². The van der Waals surface area contributed by atoms with E-state index in [1.165, 1.54) is 6.26 Å². The molecule has 1 aliphatic rings. The van der Waals surface area contributed by atoms with Gasteiger partial charge in [-0.1, -0.05) is 6.42 Å². The van der Waals surface area contributed by atoms with Crippen molar-refractivity contribution in [3.8, 4) is 6.08 Å². The lowest BCUT2D eigenvalue weighted by Gasteiger charge is -2.27. The summed E-state index contributed by atoms with van der Waals surface area (Å²) >= 11 is 0. The zero-order chi connectivity index (χ0) is 13.0. The van der Waals surface area contributed by atoms with Crippen LogP contribution in [0.2, 0.25) is 0 Å². The molecule has 2 unspecified atom stereocenters. The topological polar surface area (TPSA) is 87.6 Å². The Labute approximate surface area is 105 Å². The molecule has 6 heteroatoms. The summed E-state index contributed by atoms with van der Waals surface area (Å²) in [6.45, 7) is 2.03. The number of nitrogens with two attached hydrogens (primary N) is 1. The maximum absolute atomic E-state index is 11.4. The van der Waals surface area contributed by atoms with Crippen molar-refractivity contribution in [2.75, 3.05) is 6.61 Å². The summed E-state index contributed by atoms with van der Waals surface area (Å²) < 4.78 is 15.5. The van der Waals surface area contributed by atoms with Crippen molar-refractivity contribution in [3.63, 3.8) is 0 Å². The lowest BCUT2D eigenvalue weighted by Crippen LogP contribution is -2.41. The minimum atomic E-state index is -0.510. The van der Waals surface area contributed by atoms with E-state index in [0.717, 1.165) is 25.7 Å². The number of rotatable bonds is 4. The molecule has 0 bridgehead atoms. The largest absolute Gasteiger partial charge is 0.461 e. The van der Waals surface area contributed by atoms with Crippen molar-refractivity contribution in [1.29, 1.82) is 0 Å². The van der Waals surface area contributed by atoms with Gasteiger partial charge in [-0.3, -0.25) is 0 Å². The molecule has 0 aliphatic heterocycles. The number of aromatic nitrogens is 1. The quantitative estimate of drug-likeness (QED) is 0.819. The Morgan fingerprint density at radius 3 is 3.06 bits per heavy atom. The van der Waals surface area contributed by atoms with Gasteiger partial charge in [0.25, 0.3) is 0 Å². The van der Waals surface area contributed by atoms with Crippen LogP contribution in [0, 0.1) is 0 Å². The van der Waals surface area contributed by atoms with Crippen molar-refractivity contribution in [1.82, 2.24) is 4.98 Å². The Morgan fingerprint density at radius 1 is 1.56 bits per heavy atom. The third-order valence-corrected chi connectivity index (χ3v) is 2.97. The van der Waals surface area contributed by atoms with Crippen molar-refractivity contribution < 1.29 is 18.7 Å². The minimum absolute atomic E-state index is 0.00306. The molecule has 1 heterocycles. The molecule has 2 N–H and O–H groups in total. The molecule has 0 spiro atoms. The zero-order valence-corrected chi connectivity index (χ0v) is 10.4. The fourth-order valence-electron chi connectivity index (χ4n) is 2.01. The van der Waals surface area contributed by atoms with Crippen LogP contribution in [0.15, 0.2) is 10.7 Å². The van der Waals surface area contributed by atoms with Crippen LogP contribution in [0.1, 0.15) is 43.1 Å². The predicted octanol–water partition coefficient (Wildman–Crippen LogP) is 1.50. The molecule has 1 saturated carbocycles. The van der Waals surface area contributed by atoms with E-state index in [2.05, 4.69) is 4.98 Å². The molecule has 1 aromatic rings. The van der Waals surface area contributed by atoms with Gasteiger partial charge in [-0.25, -0.2) is 4.79 Å². The van der Waals surface area contributed by atoms with E-state index >= 15 is 0 Å². The maximum atomic E-state index is 11.4. The van der Waals surface area contributed by atoms with Crippen LogP contribution in [-0.4, -0.2) is 29.7 Å². The Kier molecular flexibility index (Phi) is 4.19. The highest BCUT2D eigenvalue weighted by atomic mass is 16.6. The predicted molar refractivity (Wildman–Crippen MR) is 63.3 cm³/mol. The SMILES string of the molecule is CCOC(=O)c1coc(OC2CCCCC2N)n1. The number of nitrogens with zero attached hydrogens (tertiary/aromatic N) is 1. The number of oxazole rings is 1. The molecule has 6 nitrogen and oxygen atoms in total. The van der Waals surface area contributed by atoms with E-state index in [0.29, 0.717) is 6.61 Å². The van der Waals surface area contributed by atoms with Crippen molar-refractivity contribution in [2.24, 2.45) is 5.73 Å². The molecule has 1 fully saturated rings. The summed E-state index contributed by atoms with van der Waals surface area (Å²) in [6.07, 6.45) is 5.27. The molecule has 2 atom stereocenters. The summed E-state index contributed by atoms with van der Waals surface area (Å²) in [4.78, 5) is 15.3. The number of esters is 1. The van der Waals surface area contributed by atoms with Gasteiger partial charge in [-0.15, -0.1) is 0 Å². The van der Waals surface area contributed by atoms with Gasteiger partial charge in [0.05, 0.1) is 6.61 Å². The van der Waals surface area contributed by atoms with Gasteiger partial charge in [0, 0.05) is 6.04 Å². The summed E-state index contributed by atoms with van der Waals surface area (Å²) in [5.74, 6) is -0.510. The Hall–Kier alpha value is -1.56. The summed E-state index contributed by atoms with van der Waals surface area (Å²) in [5.41, 5.74) is 6.08. The highest BCUT2D eigenvalue weighted by Gasteiger charge is 2.25. The fraction of sp³-hybridized carbons (Fsp3) is 0.667. The molecule has 1 aliphatic carbocycles. The number of ether oxygens (including phenoxy) is 2. The van der Waals surface area contributed by atoms with Gasteiger partial charge >= 0.3 is 12.0 Å². The van der Waals surface area contributed by atoms with Gasteiger partial charge in [0.2, 0.25) is 0 Å². The number of carbonyl (C=O) groups excluding carboxylic acids is 1. The first-order valence-corrected chi connectivity index (χ1v) is 6.25. The van der Waals surface area contributed by atoms with E-state index in [1.807, 2.05) is 0 Å². The summed E-state index contributed by atoms with van der Waals surface area (Å²) in [6, 6.07) is -0.00306. The van der Waals surface area contributed by atoms with E-state index in [-0.39, 0.29) is 23.9 Å². The molecule has 0 amide bonds. The van der Waals surface area contributed by atoms with Crippen LogP contribution < -0.4 is 10.5 Å². The lowest BCUT2D eigenvalue weighted by atomic mass is 9.93. The molecular weight excluding hydrogens is 236 g/mol. The van der Waals surface area contributed by atoms with Crippen molar-refractivity contribution in [2.45, 2.75) is 44.8 Å². The Bertz CT molecular complexity index is 405. The molecule has 2 rings (SSSR count). The first kappa shape index (κ1) is 12.9. The zero-order valence-electron chi connectivity index (χ0n) is 10.4. The average Bonchev–Trinajstić information content (AvgIpc) is 2.81. The van der Waals surface area contributed by atoms with E-state index in [9.17, 15) is 4.79 Å². The first-order chi connectivity index (χ1) is 8.70. The number of hydrogen-bond acceptors (Lipinski definition) is 6. The van der Waals surface area contributed by atoms with Gasteiger partial charge in [-0.2, -0.15) is 4.98 Å². The second kappa shape index (κ2) is 5.86. The summed E-state index contributed by atoms with van der Waals surface area (Å²) in [5, 5.41) is 0. The van der Waals surface area contributed by atoms with Gasteiger partial charge < -0.3 is 19.6 Å². The molecule has 18 heavy (non-hydrogen) atoms. The smallest absolute Gasteiger partial charge is 0.394 e. The second-order valence-corrected chi connectivity index (χ2v) is 4.32. The van der Waals surface area contributed by atoms with Crippen molar-refractivity contribution in [3.05, 3.63) is 12.0 Å². The third kappa shape index (κ3) is 3.01. The van der Waals surface area contributed by atoms with Crippen LogP contribution >= 0.6 is 0 Å². The normalized spacial score (nSPS) is 23.7. The van der Waals surface area contributed by atoms with Gasteiger partial charge in [0.15, 0.2) is 5.69 Å². The van der Waals surface area contributed by atoms with Crippen LogP contribution in [0.3, 0.4) is 0 Å². The van der Waals surface area contributed by atoms with E-state index in [1.54, 1.807) is 6.92 Å². The minimum Gasteiger partial charge on any atom is -0.461 e. The summed E-state index contributed by atoms with van der Waals surface area (Å²) in [7, 11) is 0. The molecule has 0 aromatic carbocycles. The van der Waals surface area contributed by atoms with Crippen LogP contribution in [0.25, 0.3) is 0 Å². The molecular formula is C12H18N2O4.